The van der Waals surface area contributed by atoms with Crippen LogP contribution in [0.25, 0.3) is 0 Å². The van der Waals surface area contributed by atoms with E-state index in [0.29, 0.717) is 6.42 Å². The van der Waals surface area contributed by atoms with Gasteiger partial charge < -0.3 is 15.4 Å². The summed E-state index contributed by atoms with van der Waals surface area (Å²) in [5.74, 6) is -2.68. The number of hydrogen-bond donors (Lipinski definition) is 2. The Hall–Kier alpha value is -1.80. The third kappa shape index (κ3) is 4.22. The Morgan fingerprint density at radius 2 is 2.00 bits per heavy atom. The molecule has 2 amide bonds. The minimum Gasteiger partial charge on any atom is -0.375 e. The zero-order valence-corrected chi connectivity index (χ0v) is 9.17. The molecule has 102 valence electrons. The first-order valence-corrected chi connectivity index (χ1v) is 5.18. The number of carbonyl (C=O) groups is 3. The predicted octanol–water partition coefficient (Wildman–Crippen LogP) is 0.470. The fourth-order valence-corrected chi connectivity index (χ4v) is 1.36. The minimum atomic E-state index is -4.89. The molecule has 2 N–H and O–H groups in total. The summed E-state index contributed by atoms with van der Waals surface area (Å²) in [6.45, 7) is -0.145. The molecule has 0 aromatic heterocycles. The summed E-state index contributed by atoms with van der Waals surface area (Å²) in [7, 11) is 0. The van der Waals surface area contributed by atoms with Gasteiger partial charge in [-0.2, -0.15) is 13.2 Å². The number of nitrogens with one attached hydrogen (secondary N) is 2. The smallest absolute Gasteiger partial charge is 0.375 e. The summed E-state index contributed by atoms with van der Waals surface area (Å²) in [4.78, 5) is 32.0. The molecule has 0 aromatic carbocycles. The molecule has 1 aliphatic heterocycles. The van der Waals surface area contributed by atoms with Crippen LogP contribution in [0.3, 0.4) is 0 Å². The first kappa shape index (κ1) is 14.3. The third-order valence-corrected chi connectivity index (χ3v) is 2.23. The number of ether oxygens (including phenoxy) is 1. The number of hydrogen-bond acceptors (Lipinski definition) is 4. The highest BCUT2D eigenvalue weighted by Gasteiger charge is 2.38. The molecule has 18 heavy (non-hydrogen) atoms. The van der Waals surface area contributed by atoms with E-state index in [4.69, 9.17) is 0 Å². The first-order chi connectivity index (χ1) is 8.30. The van der Waals surface area contributed by atoms with Gasteiger partial charge in [0.2, 0.25) is 0 Å². The van der Waals surface area contributed by atoms with Gasteiger partial charge in [0.25, 0.3) is 0 Å². The largest absolute Gasteiger partial charge is 0.471 e. The summed E-state index contributed by atoms with van der Waals surface area (Å²) in [6.07, 6.45) is -4.81. The minimum absolute atomic E-state index is 0.145. The average Bonchev–Trinajstić information content (AvgIpc) is 2.55. The van der Waals surface area contributed by atoms with Gasteiger partial charge in [0, 0.05) is 6.54 Å². The van der Waals surface area contributed by atoms with Crippen molar-refractivity contribution in [1.82, 2.24) is 10.6 Å². The van der Waals surface area contributed by atoms with Crippen molar-refractivity contribution in [1.29, 1.82) is 0 Å². The number of unbranched alkanes of at least 4 members (excludes halogenated alkanes) is 1. The van der Waals surface area contributed by atoms with Crippen LogP contribution in [-0.2, 0) is 14.3 Å². The fraction of sp³-hybridized carbons (Fsp3) is 0.667. The molecule has 1 rings (SSSR count). The molecule has 1 fully saturated rings. The van der Waals surface area contributed by atoms with E-state index >= 15 is 0 Å². The molecule has 0 aliphatic carbocycles. The zero-order valence-electron chi connectivity index (χ0n) is 9.17. The Balaban J connectivity index is 2.11. The third-order valence-electron chi connectivity index (χ3n) is 2.23. The molecule has 1 atom stereocenters. The number of amides is 2. The van der Waals surface area contributed by atoms with Gasteiger partial charge in [-0.3, -0.25) is 4.79 Å². The van der Waals surface area contributed by atoms with E-state index in [1.807, 2.05) is 0 Å². The Bertz CT molecular complexity index is 356. The highest BCUT2D eigenvalue weighted by Crippen LogP contribution is 2.14. The number of alkyl halides is 3. The van der Waals surface area contributed by atoms with E-state index in [0.717, 1.165) is 0 Å². The van der Waals surface area contributed by atoms with Crippen molar-refractivity contribution >= 4 is 18.0 Å². The maximum absolute atomic E-state index is 11.8. The topological polar surface area (TPSA) is 84.5 Å². The van der Waals surface area contributed by atoms with Crippen LogP contribution in [0.1, 0.15) is 19.3 Å². The lowest BCUT2D eigenvalue weighted by atomic mass is 10.1. The van der Waals surface area contributed by atoms with Gasteiger partial charge >= 0.3 is 24.1 Å². The molecular formula is C9H11F3N2O4. The first-order valence-electron chi connectivity index (χ1n) is 5.18. The van der Waals surface area contributed by atoms with Crippen molar-refractivity contribution in [3.63, 3.8) is 0 Å². The van der Waals surface area contributed by atoms with Crippen LogP contribution in [0.2, 0.25) is 0 Å². The van der Waals surface area contributed by atoms with Gasteiger partial charge in [0.15, 0.2) is 0 Å². The molecule has 1 saturated heterocycles. The van der Waals surface area contributed by atoms with Crippen molar-refractivity contribution in [3.05, 3.63) is 0 Å². The van der Waals surface area contributed by atoms with E-state index in [1.54, 1.807) is 5.32 Å². The van der Waals surface area contributed by atoms with Crippen LogP contribution in [-0.4, -0.2) is 36.7 Å². The van der Waals surface area contributed by atoms with E-state index in [-0.39, 0.29) is 19.4 Å². The Morgan fingerprint density at radius 1 is 1.33 bits per heavy atom. The second-order valence-electron chi connectivity index (χ2n) is 3.65. The molecule has 0 unspecified atom stereocenters. The maximum Gasteiger partial charge on any atom is 0.471 e. The Kier molecular flexibility index (Phi) is 4.51. The molecule has 6 nitrogen and oxygen atoms in total. The summed E-state index contributed by atoms with van der Waals surface area (Å²) >= 11 is 0. The van der Waals surface area contributed by atoms with E-state index in [9.17, 15) is 27.6 Å². The van der Waals surface area contributed by atoms with Crippen LogP contribution in [0, 0.1) is 0 Å². The van der Waals surface area contributed by atoms with Gasteiger partial charge in [0.1, 0.15) is 6.04 Å². The summed E-state index contributed by atoms with van der Waals surface area (Å²) in [5, 5.41) is 3.95. The number of alkyl carbamates (subject to hydrolysis) is 1. The molecule has 1 aliphatic rings. The van der Waals surface area contributed by atoms with E-state index in [1.165, 1.54) is 0 Å². The van der Waals surface area contributed by atoms with Crippen LogP contribution >= 0.6 is 0 Å². The summed E-state index contributed by atoms with van der Waals surface area (Å²) < 4.78 is 39.5. The summed E-state index contributed by atoms with van der Waals surface area (Å²) in [6, 6.07) is -0.754. The highest BCUT2D eigenvalue weighted by atomic mass is 19.4. The quantitative estimate of drug-likeness (QED) is 0.431. The normalized spacial score (nSPS) is 19.4. The molecular weight excluding hydrogens is 257 g/mol. The molecule has 0 saturated carbocycles. The average molecular weight is 268 g/mol. The van der Waals surface area contributed by atoms with Crippen LogP contribution in [0.15, 0.2) is 0 Å². The number of cyclic esters (lactones) is 2. The summed E-state index contributed by atoms with van der Waals surface area (Å²) in [5.41, 5.74) is 0. The Morgan fingerprint density at radius 3 is 2.50 bits per heavy atom. The van der Waals surface area contributed by atoms with E-state index in [2.05, 4.69) is 10.1 Å². The number of halogens is 3. The number of rotatable bonds is 5. The monoisotopic (exact) mass is 268 g/mol. The lowest BCUT2D eigenvalue weighted by molar-refractivity contribution is -0.173. The van der Waals surface area contributed by atoms with Crippen molar-refractivity contribution < 1.29 is 32.3 Å². The van der Waals surface area contributed by atoms with Gasteiger partial charge in [-0.05, 0) is 19.3 Å². The predicted molar refractivity (Wildman–Crippen MR) is 51.3 cm³/mol. The van der Waals surface area contributed by atoms with Crippen molar-refractivity contribution in [2.75, 3.05) is 6.54 Å². The zero-order chi connectivity index (χ0) is 13.8. The molecule has 0 bridgehead atoms. The van der Waals surface area contributed by atoms with E-state index < -0.39 is 30.2 Å². The number of esters is 1. The molecule has 1 heterocycles. The highest BCUT2D eigenvalue weighted by molar-refractivity contribution is 5.95. The van der Waals surface area contributed by atoms with Crippen molar-refractivity contribution in [2.24, 2.45) is 0 Å². The Labute approximate surface area is 99.8 Å². The number of carbonyl (C=O) groups excluding carboxylic acids is 3. The van der Waals surface area contributed by atoms with Gasteiger partial charge in [0.05, 0.1) is 0 Å². The van der Waals surface area contributed by atoms with Crippen LogP contribution in [0.4, 0.5) is 18.0 Å². The fourth-order valence-electron chi connectivity index (χ4n) is 1.36. The molecule has 0 aromatic rings. The standard InChI is InChI=1S/C9H11F3N2O4/c10-9(11,12)7(16)13-4-2-1-3-5-6(15)18-8(17)14-5/h5H,1-4H2,(H,13,16)(H,14,17)/t5-/m0/s1. The molecule has 9 heteroatoms. The van der Waals surface area contributed by atoms with Crippen LogP contribution < -0.4 is 10.6 Å². The SMILES string of the molecule is O=C1N[C@@H](CCCCNC(=O)C(F)(F)F)C(=O)O1. The molecule has 0 radical (unpaired) electrons. The van der Waals surface area contributed by atoms with Crippen LogP contribution in [0.5, 0.6) is 0 Å². The lowest BCUT2D eigenvalue weighted by Gasteiger charge is -2.08. The molecule has 0 spiro atoms. The lowest BCUT2D eigenvalue weighted by Crippen LogP contribution is -2.37. The van der Waals surface area contributed by atoms with Crippen molar-refractivity contribution in [3.8, 4) is 0 Å². The van der Waals surface area contributed by atoms with Crippen molar-refractivity contribution in [2.45, 2.75) is 31.5 Å². The maximum atomic E-state index is 11.8. The second kappa shape index (κ2) is 5.69. The second-order valence-corrected chi connectivity index (χ2v) is 3.65. The van der Waals surface area contributed by atoms with Gasteiger partial charge in [-0.25, -0.2) is 9.59 Å². The van der Waals surface area contributed by atoms with Gasteiger partial charge in [-0.15, -0.1) is 0 Å². The van der Waals surface area contributed by atoms with Gasteiger partial charge in [-0.1, -0.05) is 0 Å².